The molecule has 1 aliphatic rings. The van der Waals surface area contributed by atoms with Crippen LogP contribution in [0, 0.1) is 0 Å². The summed E-state index contributed by atoms with van der Waals surface area (Å²) in [6, 6.07) is 22.0. The molecule has 110 valence electrons. The smallest absolute Gasteiger partial charge is 0.0475 e. The molecule has 2 aromatic carbocycles. The van der Waals surface area contributed by atoms with E-state index >= 15 is 0 Å². The first-order valence-corrected chi connectivity index (χ1v) is 7.72. The van der Waals surface area contributed by atoms with Crippen molar-refractivity contribution in [3.05, 3.63) is 71.8 Å². The van der Waals surface area contributed by atoms with Crippen molar-refractivity contribution in [1.82, 2.24) is 5.32 Å². The predicted octanol–water partition coefficient (Wildman–Crippen LogP) is 3.70. The Morgan fingerprint density at radius 3 is 2.05 bits per heavy atom. The Balaban J connectivity index is 2.06. The molecule has 0 aliphatic carbocycles. The molecule has 2 aromatic rings. The van der Waals surface area contributed by atoms with Crippen LogP contribution in [0.4, 0.5) is 0 Å². The Morgan fingerprint density at radius 1 is 0.905 bits per heavy atom. The summed E-state index contributed by atoms with van der Waals surface area (Å²) in [6.45, 7) is 1.67. The lowest BCUT2D eigenvalue weighted by Gasteiger charge is -2.44. The van der Waals surface area contributed by atoms with Crippen LogP contribution < -0.4 is 5.32 Å². The molecule has 1 N–H and O–H groups in total. The maximum atomic E-state index is 5.65. The summed E-state index contributed by atoms with van der Waals surface area (Å²) >= 11 is 0. The SMILES string of the molecule is CNC(c1ccccc1)C1(c2ccccc2)CCOCC1. The zero-order chi connectivity index (χ0) is 14.5. The Labute approximate surface area is 127 Å². The summed E-state index contributed by atoms with van der Waals surface area (Å²) in [7, 11) is 2.07. The van der Waals surface area contributed by atoms with Crippen molar-refractivity contribution < 1.29 is 4.74 Å². The quantitative estimate of drug-likeness (QED) is 0.922. The van der Waals surface area contributed by atoms with Crippen LogP contribution in [0.5, 0.6) is 0 Å². The van der Waals surface area contributed by atoms with Crippen LogP contribution in [0.3, 0.4) is 0 Å². The third kappa shape index (κ3) is 2.74. The van der Waals surface area contributed by atoms with Crippen molar-refractivity contribution in [1.29, 1.82) is 0 Å². The minimum Gasteiger partial charge on any atom is -0.381 e. The van der Waals surface area contributed by atoms with E-state index in [1.807, 2.05) is 0 Å². The maximum absolute atomic E-state index is 5.65. The number of rotatable bonds is 4. The summed E-state index contributed by atoms with van der Waals surface area (Å²) < 4.78 is 5.65. The van der Waals surface area contributed by atoms with Gasteiger partial charge in [-0.2, -0.15) is 0 Å². The van der Waals surface area contributed by atoms with Crippen molar-refractivity contribution in [2.24, 2.45) is 0 Å². The zero-order valence-corrected chi connectivity index (χ0v) is 12.6. The third-order valence-electron chi connectivity index (χ3n) is 4.71. The minimum atomic E-state index is 0.107. The summed E-state index contributed by atoms with van der Waals surface area (Å²) in [6.07, 6.45) is 2.11. The monoisotopic (exact) mass is 281 g/mol. The molecule has 0 bridgehead atoms. The first-order valence-electron chi connectivity index (χ1n) is 7.72. The summed E-state index contributed by atoms with van der Waals surface area (Å²) in [5, 5.41) is 3.57. The van der Waals surface area contributed by atoms with Gasteiger partial charge >= 0.3 is 0 Å². The maximum Gasteiger partial charge on any atom is 0.0475 e. The number of ether oxygens (including phenoxy) is 1. The molecule has 1 saturated heterocycles. The fraction of sp³-hybridized carbons (Fsp3) is 0.368. The molecule has 0 radical (unpaired) electrons. The van der Waals surface area contributed by atoms with Gasteiger partial charge in [0, 0.05) is 24.7 Å². The third-order valence-corrected chi connectivity index (χ3v) is 4.71. The molecule has 0 saturated carbocycles. The van der Waals surface area contributed by atoms with E-state index in [1.165, 1.54) is 11.1 Å². The van der Waals surface area contributed by atoms with Gasteiger partial charge in [-0.25, -0.2) is 0 Å². The van der Waals surface area contributed by atoms with E-state index in [2.05, 4.69) is 73.0 Å². The number of benzene rings is 2. The second kappa shape index (κ2) is 6.42. The van der Waals surface area contributed by atoms with Crippen LogP contribution in [-0.4, -0.2) is 20.3 Å². The van der Waals surface area contributed by atoms with Crippen LogP contribution in [0.25, 0.3) is 0 Å². The standard InChI is InChI=1S/C19H23NO/c1-20-18(16-8-4-2-5-9-16)19(12-14-21-15-13-19)17-10-6-3-7-11-17/h2-11,18,20H,12-15H2,1H3. The molecule has 1 atom stereocenters. The molecule has 3 rings (SSSR count). The van der Waals surface area contributed by atoms with E-state index < -0.39 is 0 Å². The molecule has 1 heterocycles. The highest BCUT2D eigenvalue weighted by Gasteiger charge is 2.41. The summed E-state index contributed by atoms with van der Waals surface area (Å²) in [5.41, 5.74) is 2.87. The van der Waals surface area contributed by atoms with Crippen LogP contribution in [0.2, 0.25) is 0 Å². The van der Waals surface area contributed by atoms with Gasteiger partial charge in [-0.05, 0) is 31.0 Å². The lowest BCUT2D eigenvalue weighted by molar-refractivity contribution is 0.0352. The molecule has 21 heavy (non-hydrogen) atoms. The van der Waals surface area contributed by atoms with Crippen molar-refractivity contribution >= 4 is 0 Å². The Morgan fingerprint density at radius 2 is 1.48 bits per heavy atom. The summed E-state index contributed by atoms with van der Waals surface area (Å²) in [4.78, 5) is 0. The van der Waals surface area contributed by atoms with Gasteiger partial charge in [0.05, 0.1) is 0 Å². The molecule has 1 fully saturated rings. The number of hydrogen-bond donors (Lipinski definition) is 1. The van der Waals surface area contributed by atoms with E-state index in [0.29, 0.717) is 6.04 Å². The van der Waals surface area contributed by atoms with E-state index in [1.54, 1.807) is 0 Å². The second-order valence-corrected chi connectivity index (χ2v) is 5.77. The van der Waals surface area contributed by atoms with E-state index in [9.17, 15) is 0 Å². The summed E-state index contributed by atoms with van der Waals surface area (Å²) in [5.74, 6) is 0. The molecule has 2 heteroatoms. The fourth-order valence-electron chi connectivity index (χ4n) is 3.66. The molecule has 0 spiro atoms. The van der Waals surface area contributed by atoms with E-state index in [4.69, 9.17) is 4.74 Å². The van der Waals surface area contributed by atoms with Crippen LogP contribution >= 0.6 is 0 Å². The lowest BCUT2D eigenvalue weighted by Crippen LogP contribution is -2.44. The van der Waals surface area contributed by atoms with Crippen LogP contribution in [0.1, 0.15) is 30.0 Å². The van der Waals surface area contributed by atoms with Gasteiger partial charge in [0.25, 0.3) is 0 Å². The Hall–Kier alpha value is -1.64. The van der Waals surface area contributed by atoms with Crippen LogP contribution in [-0.2, 0) is 10.2 Å². The van der Waals surface area contributed by atoms with Gasteiger partial charge in [0.15, 0.2) is 0 Å². The molecular formula is C19H23NO. The second-order valence-electron chi connectivity index (χ2n) is 5.77. The predicted molar refractivity (Wildman–Crippen MR) is 86.4 cm³/mol. The van der Waals surface area contributed by atoms with Crippen molar-refractivity contribution in [3.63, 3.8) is 0 Å². The van der Waals surface area contributed by atoms with Gasteiger partial charge in [-0.15, -0.1) is 0 Å². The highest BCUT2D eigenvalue weighted by molar-refractivity contribution is 5.34. The molecule has 2 nitrogen and oxygen atoms in total. The fourth-order valence-corrected chi connectivity index (χ4v) is 3.66. The highest BCUT2D eigenvalue weighted by atomic mass is 16.5. The highest BCUT2D eigenvalue weighted by Crippen LogP contribution is 2.44. The van der Waals surface area contributed by atoms with Crippen molar-refractivity contribution in [2.45, 2.75) is 24.3 Å². The van der Waals surface area contributed by atoms with Crippen molar-refractivity contribution in [3.8, 4) is 0 Å². The normalized spacial score (nSPS) is 19.1. The largest absolute Gasteiger partial charge is 0.381 e. The Bertz CT molecular complexity index is 546. The zero-order valence-electron chi connectivity index (χ0n) is 12.6. The lowest BCUT2D eigenvalue weighted by atomic mass is 9.67. The van der Waals surface area contributed by atoms with Gasteiger partial charge in [-0.1, -0.05) is 60.7 Å². The topological polar surface area (TPSA) is 21.3 Å². The first-order chi connectivity index (χ1) is 10.4. The number of likely N-dealkylation sites (N-methyl/N-ethyl adjacent to an activating group) is 1. The van der Waals surface area contributed by atoms with E-state index in [-0.39, 0.29) is 5.41 Å². The van der Waals surface area contributed by atoms with Crippen molar-refractivity contribution in [2.75, 3.05) is 20.3 Å². The van der Waals surface area contributed by atoms with E-state index in [0.717, 1.165) is 26.1 Å². The molecule has 1 unspecified atom stereocenters. The first kappa shape index (κ1) is 14.3. The van der Waals surface area contributed by atoms with Crippen LogP contribution in [0.15, 0.2) is 60.7 Å². The molecular weight excluding hydrogens is 258 g/mol. The molecule has 0 amide bonds. The van der Waals surface area contributed by atoms with Gasteiger partial charge < -0.3 is 10.1 Å². The average molecular weight is 281 g/mol. The van der Waals surface area contributed by atoms with Gasteiger partial charge in [-0.3, -0.25) is 0 Å². The number of nitrogens with one attached hydrogen (secondary N) is 1. The molecule has 0 aromatic heterocycles. The molecule has 1 aliphatic heterocycles. The minimum absolute atomic E-state index is 0.107. The van der Waals surface area contributed by atoms with Gasteiger partial charge in [0.2, 0.25) is 0 Å². The Kier molecular flexibility index (Phi) is 4.37. The van der Waals surface area contributed by atoms with Gasteiger partial charge in [0.1, 0.15) is 0 Å². The number of hydrogen-bond acceptors (Lipinski definition) is 2. The average Bonchev–Trinajstić information content (AvgIpc) is 2.58.